The van der Waals surface area contributed by atoms with Crippen LogP contribution in [0.2, 0.25) is 0 Å². The Morgan fingerprint density at radius 2 is 2.15 bits per heavy atom. The van der Waals surface area contributed by atoms with Gasteiger partial charge in [0.05, 0.1) is 28.6 Å². The molecule has 0 saturated heterocycles. The van der Waals surface area contributed by atoms with Crippen molar-refractivity contribution in [2.24, 2.45) is 0 Å². The Kier molecular flexibility index (Phi) is 3.81. The second-order valence-corrected chi connectivity index (χ2v) is 5.85. The lowest BCUT2D eigenvalue weighted by molar-refractivity contribution is 0.0278. The summed E-state index contributed by atoms with van der Waals surface area (Å²) in [6, 6.07) is 3.63. The zero-order valence-electron chi connectivity index (χ0n) is 12.3. The predicted molar refractivity (Wildman–Crippen MR) is 76.5 cm³/mol. The van der Waals surface area contributed by atoms with E-state index in [0.717, 1.165) is 17.5 Å². The van der Waals surface area contributed by atoms with Gasteiger partial charge in [0.25, 0.3) is 0 Å². The molecule has 0 amide bonds. The van der Waals surface area contributed by atoms with E-state index in [0.29, 0.717) is 11.3 Å². The van der Waals surface area contributed by atoms with Crippen LogP contribution in [0.15, 0.2) is 18.3 Å². The number of hydrogen-bond acceptors (Lipinski definition) is 4. The second-order valence-electron chi connectivity index (χ2n) is 5.85. The van der Waals surface area contributed by atoms with E-state index in [-0.39, 0.29) is 12.5 Å². The van der Waals surface area contributed by atoms with Crippen LogP contribution in [0.25, 0.3) is 5.52 Å². The fourth-order valence-corrected chi connectivity index (χ4v) is 2.07. The number of carbonyl (C=O) groups excluding carboxylic acids is 1. The Morgan fingerprint density at radius 3 is 2.70 bits per heavy atom. The molecular formula is C15H20N2O3. The van der Waals surface area contributed by atoms with Gasteiger partial charge in [0, 0.05) is 0 Å². The van der Waals surface area contributed by atoms with Crippen LogP contribution >= 0.6 is 0 Å². The van der Waals surface area contributed by atoms with Crippen LogP contribution < -0.4 is 4.74 Å². The Morgan fingerprint density at radius 1 is 1.45 bits per heavy atom. The molecule has 0 unspecified atom stereocenters. The van der Waals surface area contributed by atoms with E-state index in [9.17, 15) is 9.90 Å². The molecule has 0 atom stereocenters. The molecule has 0 radical (unpaired) electrons. The highest BCUT2D eigenvalue weighted by atomic mass is 16.5. The van der Waals surface area contributed by atoms with Gasteiger partial charge in [0.1, 0.15) is 12.4 Å². The van der Waals surface area contributed by atoms with Gasteiger partial charge in [-0.1, -0.05) is 13.8 Å². The second kappa shape index (κ2) is 5.25. The van der Waals surface area contributed by atoms with E-state index in [1.807, 2.05) is 26.0 Å². The quantitative estimate of drug-likeness (QED) is 0.852. The number of aromatic nitrogens is 2. The van der Waals surface area contributed by atoms with Gasteiger partial charge >= 0.3 is 0 Å². The lowest BCUT2D eigenvalue weighted by atomic mass is 10.1. The minimum absolute atomic E-state index is 0.176. The molecule has 0 aliphatic rings. The van der Waals surface area contributed by atoms with E-state index in [1.165, 1.54) is 0 Å². The van der Waals surface area contributed by atoms with E-state index in [4.69, 9.17) is 4.74 Å². The predicted octanol–water partition coefficient (Wildman–Crippen LogP) is 2.42. The molecule has 1 N–H and O–H groups in total. The fourth-order valence-electron chi connectivity index (χ4n) is 2.07. The lowest BCUT2D eigenvalue weighted by Crippen LogP contribution is -2.28. The van der Waals surface area contributed by atoms with Crippen LogP contribution in [0, 0.1) is 0 Å². The van der Waals surface area contributed by atoms with Crippen LogP contribution in [0.5, 0.6) is 5.75 Å². The van der Waals surface area contributed by atoms with Gasteiger partial charge in [0.2, 0.25) is 0 Å². The van der Waals surface area contributed by atoms with Crippen molar-refractivity contribution in [2.75, 3.05) is 6.61 Å². The van der Waals surface area contributed by atoms with Crippen molar-refractivity contribution < 1.29 is 14.6 Å². The standard InChI is InChI=1S/C15H20N2O3/c1-10(2)14-13(20-9-15(3,4)19)6-5-12-11(8-18)7-16-17(12)14/h5-8,10,19H,9H2,1-4H3. The van der Waals surface area contributed by atoms with Crippen molar-refractivity contribution in [1.29, 1.82) is 0 Å². The van der Waals surface area contributed by atoms with Crippen molar-refractivity contribution in [3.63, 3.8) is 0 Å². The van der Waals surface area contributed by atoms with Crippen molar-refractivity contribution in [3.05, 3.63) is 29.6 Å². The van der Waals surface area contributed by atoms with Gasteiger partial charge in [-0.25, -0.2) is 4.52 Å². The molecule has 2 rings (SSSR count). The summed E-state index contributed by atoms with van der Waals surface area (Å²) in [6.07, 6.45) is 2.35. The Balaban J connectivity index is 2.50. The van der Waals surface area contributed by atoms with Gasteiger partial charge in [-0.05, 0) is 31.9 Å². The molecular weight excluding hydrogens is 256 g/mol. The van der Waals surface area contributed by atoms with E-state index in [1.54, 1.807) is 24.6 Å². The zero-order valence-corrected chi connectivity index (χ0v) is 12.3. The highest BCUT2D eigenvalue weighted by molar-refractivity contribution is 5.85. The Hall–Kier alpha value is -1.88. The van der Waals surface area contributed by atoms with E-state index >= 15 is 0 Å². The molecule has 0 spiro atoms. The van der Waals surface area contributed by atoms with Crippen molar-refractivity contribution in [1.82, 2.24) is 9.61 Å². The molecule has 0 bridgehead atoms. The number of pyridine rings is 1. The molecule has 108 valence electrons. The highest BCUT2D eigenvalue weighted by Gasteiger charge is 2.19. The molecule has 2 aromatic rings. The number of aliphatic hydroxyl groups is 1. The lowest BCUT2D eigenvalue weighted by Gasteiger charge is -2.21. The molecule has 0 aromatic carbocycles. The van der Waals surface area contributed by atoms with Gasteiger partial charge in [-0.3, -0.25) is 4.79 Å². The number of nitrogens with zero attached hydrogens (tertiary/aromatic N) is 2. The number of hydrogen-bond donors (Lipinski definition) is 1. The number of carbonyl (C=O) groups is 1. The summed E-state index contributed by atoms with van der Waals surface area (Å²) in [4.78, 5) is 11.0. The molecule has 0 aliphatic heterocycles. The number of ether oxygens (including phenoxy) is 1. The minimum Gasteiger partial charge on any atom is -0.489 e. The largest absolute Gasteiger partial charge is 0.489 e. The van der Waals surface area contributed by atoms with Crippen molar-refractivity contribution >= 4 is 11.8 Å². The first-order valence-corrected chi connectivity index (χ1v) is 6.64. The van der Waals surface area contributed by atoms with Gasteiger partial charge in [0.15, 0.2) is 6.29 Å². The first-order valence-electron chi connectivity index (χ1n) is 6.64. The molecule has 0 saturated carbocycles. The topological polar surface area (TPSA) is 63.8 Å². The molecule has 0 aliphatic carbocycles. The molecule has 0 fully saturated rings. The summed E-state index contributed by atoms with van der Waals surface area (Å²) in [6.45, 7) is 7.65. The summed E-state index contributed by atoms with van der Waals surface area (Å²) >= 11 is 0. The van der Waals surface area contributed by atoms with E-state index < -0.39 is 5.60 Å². The molecule has 20 heavy (non-hydrogen) atoms. The zero-order chi connectivity index (χ0) is 14.9. The van der Waals surface area contributed by atoms with Crippen LogP contribution in [0.1, 0.15) is 49.7 Å². The average molecular weight is 276 g/mol. The average Bonchev–Trinajstić information content (AvgIpc) is 2.77. The Labute approximate surface area is 118 Å². The first kappa shape index (κ1) is 14.5. The van der Waals surface area contributed by atoms with Crippen LogP contribution in [0.3, 0.4) is 0 Å². The maximum absolute atomic E-state index is 11.0. The molecule has 2 heterocycles. The van der Waals surface area contributed by atoms with Crippen LogP contribution in [-0.2, 0) is 0 Å². The maximum atomic E-state index is 11.0. The SMILES string of the molecule is CC(C)c1c(OCC(C)(C)O)ccc2c(C=O)cnn12. The van der Waals surface area contributed by atoms with Crippen molar-refractivity contribution in [2.45, 2.75) is 39.2 Å². The summed E-state index contributed by atoms with van der Waals surface area (Å²) in [5.74, 6) is 0.852. The summed E-state index contributed by atoms with van der Waals surface area (Å²) in [5.41, 5.74) is 1.31. The number of rotatable bonds is 5. The van der Waals surface area contributed by atoms with Gasteiger partial charge in [-0.2, -0.15) is 5.10 Å². The Bertz CT molecular complexity index is 624. The smallest absolute Gasteiger partial charge is 0.153 e. The maximum Gasteiger partial charge on any atom is 0.153 e. The van der Waals surface area contributed by atoms with Crippen LogP contribution in [-0.4, -0.2) is 33.2 Å². The normalized spacial score (nSPS) is 12.1. The minimum atomic E-state index is -0.902. The van der Waals surface area contributed by atoms with Crippen LogP contribution in [0.4, 0.5) is 0 Å². The molecule has 5 nitrogen and oxygen atoms in total. The number of aldehydes is 1. The number of fused-ring (bicyclic) bond motifs is 1. The van der Waals surface area contributed by atoms with Gasteiger partial charge < -0.3 is 9.84 Å². The summed E-state index contributed by atoms with van der Waals surface area (Å²) in [7, 11) is 0. The fraction of sp³-hybridized carbons (Fsp3) is 0.467. The molecule has 2 aromatic heterocycles. The van der Waals surface area contributed by atoms with Crippen molar-refractivity contribution in [3.8, 4) is 5.75 Å². The summed E-state index contributed by atoms with van der Waals surface area (Å²) < 4.78 is 7.44. The van der Waals surface area contributed by atoms with Gasteiger partial charge in [-0.15, -0.1) is 0 Å². The summed E-state index contributed by atoms with van der Waals surface area (Å²) in [5, 5.41) is 14.0. The monoisotopic (exact) mass is 276 g/mol. The highest BCUT2D eigenvalue weighted by Crippen LogP contribution is 2.29. The first-order chi connectivity index (χ1) is 9.33. The third-order valence-electron chi connectivity index (χ3n) is 2.96. The third kappa shape index (κ3) is 2.82. The molecule has 5 heteroatoms. The third-order valence-corrected chi connectivity index (χ3v) is 2.96. The van der Waals surface area contributed by atoms with E-state index in [2.05, 4.69) is 5.10 Å².